The summed E-state index contributed by atoms with van der Waals surface area (Å²) in [4.78, 5) is 19.7. The van der Waals surface area contributed by atoms with Gasteiger partial charge in [-0.2, -0.15) is 0 Å². The molecule has 3 aliphatic rings. The highest BCUT2D eigenvalue weighted by molar-refractivity contribution is 5.78. The first-order valence-electron chi connectivity index (χ1n) is 10.00. The molecule has 27 heavy (non-hydrogen) atoms. The highest BCUT2D eigenvalue weighted by atomic mass is 16.6. The van der Waals surface area contributed by atoms with Crippen LogP contribution in [0.5, 0.6) is 11.5 Å². The highest BCUT2D eigenvalue weighted by Gasteiger charge is 2.44. The smallest absolute Gasteiger partial charge is 0.322 e. The number of amides is 2. The molecule has 2 atom stereocenters. The van der Waals surface area contributed by atoms with Gasteiger partial charge in [-0.3, -0.25) is 4.90 Å². The first kappa shape index (κ1) is 18.4. The standard InChI is InChI=1S/C20H30N4O3/c1-14(2)24-17(16-5-4-6-18-19(16)27-12-11-26-18)13-23(20(24)25)15(3)22-9-7-21-8-10-22/h4-6,14-15,17,21H,7-13H2,1-3H3. The van der Waals surface area contributed by atoms with E-state index in [0.717, 1.165) is 43.2 Å². The van der Waals surface area contributed by atoms with Crippen molar-refractivity contribution in [3.05, 3.63) is 23.8 Å². The van der Waals surface area contributed by atoms with Crippen LogP contribution < -0.4 is 14.8 Å². The van der Waals surface area contributed by atoms with Gasteiger partial charge < -0.3 is 24.6 Å². The SMILES string of the molecule is CC(N1CCNCC1)N1CC(c2cccc3c2OCCO3)N(C(C)C)C1=O. The molecule has 0 bridgehead atoms. The van der Waals surface area contributed by atoms with Gasteiger partial charge in [0.05, 0.1) is 12.2 Å². The Morgan fingerprint density at radius 1 is 1.11 bits per heavy atom. The number of hydrogen-bond acceptors (Lipinski definition) is 5. The van der Waals surface area contributed by atoms with Gasteiger partial charge in [0.25, 0.3) is 0 Å². The molecule has 2 saturated heterocycles. The number of para-hydroxylation sites is 1. The average Bonchev–Trinajstić information content (AvgIpc) is 3.05. The molecule has 0 radical (unpaired) electrons. The number of ether oxygens (including phenoxy) is 2. The molecule has 2 amide bonds. The minimum absolute atomic E-state index is 0.0282. The van der Waals surface area contributed by atoms with Crippen molar-refractivity contribution in [1.29, 1.82) is 0 Å². The summed E-state index contributed by atoms with van der Waals surface area (Å²) in [7, 11) is 0. The number of piperazine rings is 1. The van der Waals surface area contributed by atoms with Crippen LogP contribution in [-0.4, -0.2) is 78.9 Å². The molecule has 3 heterocycles. The highest BCUT2D eigenvalue weighted by Crippen LogP contribution is 2.42. The lowest BCUT2D eigenvalue weighted by Gasteiger charge is -2.37. The summed E-state index contributed by atoms with van der Waals surface area (Å²) in [6.07, 6.45) is 0.0857. The minimum Gasteiger partial charge on any atom is -0.486 e. The van der Waals surface area contributed by atoms with E-state index in [-0.39, 0.29) is 24.3 Å². The number of rotatable bonds is 4. The van der Waals surface area contributed by atoms with Crippen molar-refractivity contribution in [2.24, 2.45) is 0 Å². The van der Waals surface area contributed by atoms with Gasteiger partial charge in [-0.1, -0.05) is 12.1 Å². The van der Waals surface area contributed by atoms with Crippen LogP contribution in [0.4, 0.5) is 4.79 Å². The number of nitrogens with one attached hydrogen (secondary N) is 1. The third-order valence-corrected chi connectivity index (χ3v) is 5.82. The van der Waals surface area contributed by atoms with Crippen molar-refractivity contribution in [2.75, 3.05) is 45.9 Å². The molecule has 3 aliphatic heterocycles. The number of benzene rings is 1. The fourth-order valence-corrected chi connectivity index (χ4v) is 4.39. The van der Waals surface area contributed by atoms with Gasteiger partial charge in [-0.05, 0) is 26.8 Å². The molecular weight excluding hydrogens is 344 g/mol. The Morgan fingerprint density at radius 2 is 1.85 bits per heavy atom. The van der Waals surface area contributed by atoms with E-state index < -0.39 is 0 Å². The van der Waals surface area contributed by atoms with Crippen molar-refractivity contribution in [2.45, 2.75) is 39.0 Å². The van der Waals surface area contributed by atoms with Crippen LogP contribution >= 0.6 is 0 Å². The fraction of sp³-hybridized carbons (Fsp3) is 0.650. The molecule has 4 rings (SSSR count). The van der Waals surface area contributed by atoms with Gasteiger partial charge in [0.1, 0.15) is 13.2 Å². The Kier molecular flexibility index (Phi) is 5.14. The second-order valence-electron chi connectivity index (χ2n) is 7.74. The van der Waals surface area contributed by atoms with Gasteiger partial charge in [0.2, 0.25) is 0 Å². The van der Waals surface area contributed by atoms with Gasteiger partial charge >= 0.3 is 6.03 Å². The maximum absolute atomic E-state index is 13.3. The van der Waals surface area contributed by atoms with E-state index in [1.165, 1.54) is 0 Å². The predicted molar refractivity (Wildman–Crippen MR) is 103 cm³/mol. The van der Waals surface area contributed by atoms with Crippen LogP contribution in [0.1, 0.15) is 32.4 Å². The van der Waals surface area contributed by atoms with Crippen LogP contribution in [0.3, 0.4) is 0 Å². The number of carbonyl (C=O) groups is 1. The summed E-state index contributed by atoms with van der Waals surface area (Å²) in [5.41, 5.74) is 1.05. The molecule has 0 aliphatic carbocycles. The van der Waals surface area contributed by atoms with Crippen molar-refractivity contribution in [3.63, 3.8) is 0 Å². The summed E-state index contributed by atoms with van der Waals surface area (Å²) in [5, 5.41) is 3.38. The zero-order chi connectivity index (χ0) is 19.0. The molecule has 2 unspecified atom stereocenters. The van der Waals surface area contributed by atoms with E-state index in [1.54, 1.807) is 0 Å². The quantitative estimate of drug-likeness (QED) is 0.872. The number of nitrogens with zero attached hydrogens (tertiary/aromatic N) is 3. The van der Waals surface area contributed by atoms with E-state index in [1.807, 2.05) is 21.9 Å². The van der Waals surface area contributed by atoms with Crippen molar-refractivity contribution < 1.29 is 14.3 Å². The van der Waals surface area contributed by atoms with E-state index in [9.17, 15) is 4.79 Å². The van der Waals surface area contributed by atoms with Crippen LogP contribution in [0.2, 0.25) is 0 Å². The predicted octanol–water partition coefficient (Wildman–Crippen LogP) is 1.90. The van der Waals surface area contributed by atoms with Crippen molar-refractivity contribution in [1.82, 2.24) is 20.0 Å². The topological polar surface area (TPSA) is 57.3 Å². The Labute approximate surface area is 161 Å². The zero-order valence-electron chi connectivity index (χ0n) is 16.5. The van der Waals surface area contributed by atoms with E-state index in [2.05, 4.69) is 37.1 Å². The van der Waals surface area contributed by atoms with E-state index >= 15 is 0 Å². The molecule has 1 N–H and O–H groups in total. The molecular formula is C20H30N4O3. The van der Waals surface area contributed by atoms with E-state index in [4.69, 9.17) is 9.47 Å². The Hall–Kier alpha value is -1.99. The number of urea groups is 1. The summed E-state index contributed by atoms with van der Waals surface area (Å²) in [6.45, 7) is 12.0. The largest absolute Gasteiger partial charge is 0.486 e. The van der Waals surface area contributed by atoms with Gasteiger partial charge in [-0.15, -0.1) is 0 Å². The van der Waals surface area contributed by atoms with Crippen LogP contribution in [0.25, 0.3) is 0 Å². The third kappa shape index (κ3) is 3.34. The second-order valence-corrected chi connectivity index (χ2v) is 7.74. The lowest BCUT2D eigenvalue weighted by molar-refractivity contribution is 0.0764. The Morgan fingerprint density at radius 3 is 2.59 bits per heavy atom. The van der Waals surface area contributed by atoms with Gasteiger partial charge in [0, 0.05) is 44.3 Å². The molecule has 2 fully saturated rings. The molecule has 1 aromatic carbocycles. The molecule has 7 nitrogen and oxygen atoms in total. The summed E-state index contributed by atoms with van der Waals surface area (Å²) < 4.78 is 11.7. The second kappa shape index (κ2) is 7.56. The Bertz CT molecular complexity index is 690. The molecule has 0 aromatic heterocycles. The summed E-state index contributed by atoms with van der Waals surface area (Å²) in [6, 6.07) is 6.20. The first-order valence-corrected chi connectivity index (χ1v) is 10.00. The minimum atomic E-state index is -0.0282. The van der Waals surface area contributed by atoms with Crippen LogP contribution in [0.15, 0.2) is 18.2 Å². The third-order valence-electron chi connectivity index (χ3n) is 5.82. The molecule has 0 spiro atoms. The zero-order valence-corrected chi connectivity index (χ0v) is 16.5. The Balaban J connectivity index is 1.63. The summed E-state index contributed by atoms with van der Waals surface area (Å²) >= 11 is 0. The first-order chi connectivity index (χ1) is 13.1. The van der Waals surface area contributed by atoms with Crippen molar-refractivity contribution >= 4 is 6.03 Å². The van der Waals surface area contributed by atoms with Gasteiger partial charge in [0.15, 0.2) is 11.5 Å². The normalized spacial score (nSPS) is 24.6. The number of fused-ring (bicyclic) bond motifs is 1. The maximum Gasteiger partial charge on any atom is 0.322 e. The van der Waals surface area contributed by atoms with Gasteiger partial charge in [-0.25, -0.2) is 4.79 Å². The fourth-order valence-electron chi connectivity index (χ4n) is 4.39. The van der Waals surface area contributed by atoms with E-state index in [0.29, 0.717) is 19.8 Å². The maximum atomic E-state index is 13.3. The summed E-state index contributed by atoms with van der Waals surface area (Å²) in [5.74, 6) is 1.58. The molecule has 1 aromatic rings. The van der Waals surface area contributed by atoms with Crippen LogP contribution in [0, 0.1) is 0 Å². The lowest BCUT2D eigenvalue weighted by atomic mass is 10.0. The number of carbonyl (C=O) groups excluding carboxylic acids is 1. The lowest BCUT2D eigenvalue weighted by Crippen LogP contribution is -2.54. The monoisotopic (exact) mass is 374 g/mol. The average molecular weight is 374 g/mol. The molecule has 148 valence electrons. The van der Waals surface area contributed by atoms with Crippen molar-refractivity contribution in [3.8, 4) is 11.5 Å². The molecule has 7 heteroatoms. The molecule has 0 saturated carbocycles. The number of hydrogen-bond donors (Lipinski definition) is 1. The van der Waals surface area contributed by atoms with Crippen LogP contribution in [-0.2, 0) is 0 Å².